The maximum absolute atomic E-state index is 12.2. The number of rotatable bonds is 7. The highest BCUT2D eigenvalue weighted by Crippen LogP contribution is 2.20. The van der Waals surface area contributed by atoms with Crippen LogP contribution in [0, 0.1) is 17.0 Å². The number of para-hydroxylation sites is 1. The number of esters is 1. The lowest BCUT2D eigenvalue weighted by molar-refractivity contribution is -0.385. The Morgan fingerprint density at radius 1 is 1.19 bits per heavy atom. The molecule has 10 heteroatoms. The lowest BCUT2D eigenvalue weighted by Gasteiger charge is -2.10. The number of ketones is 1. The molecular formula is C17H16N2O7S. The fourth-order valence-electron chi connectivity index (χ4n) is 2.22. The number of carbonyl (C=O) groups excluding carboxylic acids is 2. The summed E-state index contributed by atoms with van der Waals surface area (Å²) in [6.07, 6.45) is 0.933. The Morgan fingerprint density at radius 3 is 2.48 bits per heavy atom. The van der Waals surface area contributed by atoms with Gasteiger partial charge in [0.15, 0.2) is 6.61 Å². The molecule has 0 spiro atoms. The standard InChI is InChI=1S/C17H16N2O7S/c1-11-7-8-12(9-15(11)19(22)23)16(20)10-26-17(21)13-5-3-4-6-14(13)18-27(2,24)25/h3-9,18H,10H2,1-2H3. The number of Topliss-reactive ketones (excluding diaryl/α,β-unsaturated/α-hetero) is 1. The van der Waals surface area contributed by atoms with Gasteiger partial charge in [-0.25, -0.2) is 13.2 Å². The summed E-state index contributed by atoms with van der Waals surface area (Å²) in [5, 5.41) is 11.0. The molecule has 27 heavy (non-hydrogen) atoms. The predicted molar refractivity (Wildman–Crippen MR) is 97.4 cm³/mol. The zero-order chi connectivity index (χ0) is 20.2. The van der Waals surface area contributed by atoms with Crippen molar-refractivity contribution < 1.29 is 27.7 Å². The fraction of sp³-hybridized carbons (Fsp3) is 0.176. The highest BCUT2D eigenvalue weighted by atomic mass is 32.2. The second-order valence-corrected chi connectivity index (χ2v) is 7.43. The Balaban J connectivity index is 2.13. The van der Waals surface area contributed by atoms with Gasteiger partial charge in [-0.15, -0.1) is 0 Å². The molecule has 0 atom stereocenters. The maximum Gasteiger partial charge on any atom is 0.340 e. The van der Waals surface area contributed by atoms with Crippen LogP contribution in [-0.4, -0.2) is 38.0 Å². The number of aryl methyl sites for hydroxylation is 1. The maximum atomic E-state index is 12.2. The molecule has 0 fully saturated rings. The van der Waals surface area contributed by atoms with Gasteiger partial charge in [-0.1, -0.05) is 24.3 Å². The van der Waals surface area contributed by atoms with Gasteiger partial charge in [0, 0.05) is 17.2 Å². The molecule has 1 N–H and O–H groups in total. The quantitative estimate of drug-likeness (QED) is 0.331. The predicted octanol–water partition coefficient (Wildman–Crippen LogP) is 2.31. The van der Waals surface area contributed by atoms with Crippen molar-refractivity contribution >= 4 is 33.2 Å². The van der Waals surface area contributed by atoms with Gasteiger partial charge in [0.2, 0.25) is 15.8 Å². The number of hydrogen-bond donors (Lipinski definition) is 1. The number of carbonyl (C=O) groups is 2. The lowest BCUT2D eigenvalue weighted by atomic mass is 10.1. The molecule has 0 aliphatic heterocycles. The van der Waals surface area contributed by atoms with Crippen LogP contribution in [0.3, 0.4) is 0 Å². The molecule has 0 amide bonds. The van der Waals surface area contributed by atoms with Crippen molar-refractivity contribution in [1.29, 1.82) is 0 Å². The first-order valence-electron chi connectivity index (χ1n) is 7.60. The first kappa shape index (κ1) is 20.0. The van der Waals surface area contributed by atoms with Crippen LogP contribution in [-0.2, 0) is 14.8 Å². The second kappa shape index (κ2) is 7.96. The lowest BCUT2D eigenvalue weighted by Crippen LogP contribution is -2.17. The van der Waals surface area contributed by atoms with E-state index in [1.54, 1.807) is 0 Å². The van der Waals surface area contributed by atoms with Gasteiger partial charge in [-0.2, -0.15) is 0 Å². The Morgan fingerprint density at radius 2 is 1.85 bits per heavy atom. The largest absolute Gasteiger partial charge is 0.454 e. The molecule has 0 aromatic heterocycles. The molecule has 0 bridgehead atoms. The molecule has 0 aliphatic carbocycles. The monoisotopic (exact) mass is 392 g/mol. The highest BCUT2D eigenvalue weighted by Gasteiger charge is 2.19. The van der Waals surface area contributed by atoms with Crippen molar-refractivity contribution in [3.63, 3.8) is 0 Å². The SMILES string of the molecule is Cc1ccc(C(=O)COC(=O)c2ccccc2NS(C)(=O)=O)cc1[N+](=O)[O-]. The number of ether oxygens (including phenoxy) is 1. The van der Waals surface area contributed by atoms with Gasteiger partial charge in [0.25, 0.3) is 5.69 Å². The Hall–Kier alpha value is -3.27. The minimum Gasteiger partial charge on any atom is -0.454 e. The van der Waals surface area contributed by atoms with Gasteiger partial charge < -0.3 is 4.74 Å². The van der Waals surface area contributed by atoms with E-state index < -0.39 is 33.3 Å². The summed E-state index contributed by atoms with van der Waals surface area (Å²) in [7, 11) is -3.61. The average Bonchev–Trinajstić information content (AvgIpc) is 2.58. The molecule has 0 saturated carbocycles. The Labute approximate surface area is 155 Å². The molecule has 9 nitrogen and oxygen atoms in total. The van der Waals surface area contributed by atoms with Crippen molar-refractivity contribution in [2.24, 2.45) is 0 Å². The van der Waals surface area contributed by atoms with Crippen molar-refractivity contribution in [3.05, 3.63) is 69.3 Å². The van der Waals surface area contributed by atoms with Crippen molar-refractivity contribution in [2.75, 3.05) is 17.6 Å². The van der Waals surface area contributed by atoms with Crippen LogP contribution in [0.5, 0.6) is 0 Å². The number of sulfonamides is 1. The summed E-state index contributed by atoms with van der Waals surface area (Å²) in [4.78, 5) is 34.7. The Bertz CT molecular complexity index is 1020. The first-order valence-corrected chi connectivity index (χ1v) is 9.50. The minimum atomic E-state index is -3.61. The van der Waals surface area contributed by atoms with E-state index in [0.29, 0.717) is 5.56 Å². The van der Waals surface area contributed by atoms with Crippen molar-refractivity contribution in [2.45, 2.75) is 6.92 Å². The smallest absolute Gasteiger partial charge is 0.340 e. The molecule has 142 valence electrons. The fourth-order valence-corrected chi connectivity index (χ4v) is 2.80. The van der Waals surface area contributed by atoms with Crippen LogP contribution in [0.4, 0.5) is 11.4 Å². The molecule has 0 radical (unpaired) electrons. The third-order valence-electron chi connectivity index (χ3n) is 3.50. The van der Waals surface area contributed by atoms with Gasteiger partial charge in [0.05, 0.1) is 22.4 Å². The van der Waals surface area contributed by atoms with Crippen molar-refractivity contribution in [1.82, 2.24) is 0 Å². The van der Waals surface area contributed by atoms with E-state index in [1.165, 1.54) is 43.3 Å². The average molecular weight is 392 g/mol. The van der Waals surface area contributed by atoms with E-state index in [1.807, 2.05) is 0 Å². The zero-order valence-electron chi connectivity index (χ0n) is 14.5. The van der Waals surface area contributed by atoms with Gasteiger partial charge in [0.1, 0.15) is 0 Å². The second-order valence-electron chi connectivity index (χ2n) is 5.68. The minimum absolute atomic E-state index is 0.0171. The molecule has 2 rings (SSSR count). The van der Waals surface area contributed by atoms with Gasteiger partial charge >= 0.3 is 5.97 Å². The summed E-state index contributed by atoms with van der Waals surface area (Å²) in [5.74, 6) is -1.53. The van der Waals surface area contributed by atoms with Crippen LogP contribution in [0.1, 0.15) is 26.3 Å². The zero-order valence-corrected chi connectivity index (χ0v) is 15.3. The van der Waals surface area contributed by atoms with E-state index in [2.05, 4.69) is 4.72 Å². The summed E-state index contributed by atoms with van der Waals surface area (Å²) >= 11 is 0. The number of nitrogens with zero attached hydrogens (tertiary/aromatic N) is 1. The van der Waals surface area contributed by atoms with Crippen LogP contribution < -0.4 is 4.72 Å². The van der Waals surface area contributed by atoms with Gasteiger partial charge in [-0.3, -0.25) is 19.6 Å². The van der Waals surface area contributed by atoms with E-state index in [9.17, 15) is 28.1 Å². The number of hydrogen-bond acceptors (Lipinski definition) is 7. The first-order chi connectivity index (χ1) is 12.6. The molecule has 0 heterocycles. The Kier molecular flexibility index (Phi) is 5.91. The summed E-state index contributed by atoms with van der Waals surface area (Å²) in [5.41, 5.74) is 0.167. The molecule has 0 saturated heterocycles. The third kappa shape index (κ3) is 5.35. The summed E-state index contributed by atoms with van der Waals surface area (Å²) in [6, 6.07) is 9.71. The van der Waals surface area contributed by atoms with Crippen LogP contribution >= 0.6 is 0 Å². The molecule has 0 unspecified atom stereocenters. The van der Waals surface area contributed by atoms with Crippen LogP contribution in [0.2, 0.25) is 0 Å². The summed E-state index contributed by atoms with van der Waals surface area (Å²) < 4.78 is 29.9. The third-order valence-corrected chi connectivity index (χ3v) is 4.10. The molecule has 2 aromatic carbocycles. The van der Waals surface area contributed by atoms with Crippen LogP contribution in [0.15, 0.2) is 42.5 Å². The summed E-state index contributed by atoms with van der Waals surface area (Å²) in [6.45, 7) is 0.893. The van der Waals surface area contributed by atoms with E-state index in [0.717, 1.165) is 12.3 Å². The highest BCUT2D eigenvalue weighted by molar-refractivity contribution is 7.92. The molecule has 0 aliphatic rings. The van der Waals surface area contributed by atoms with Crippen LogP contribution in [0.25, 0.3) is 0 Å². The topological polar surface area (TPSA) is 133 Å². The number of nitro groups is 1. The number of anilines is 1. The molecule has 2 aromatic rings. The number of nitro benzene ring substituents is 1. The normalized spacial score (nSPS) is 10.9. The van der Waals surface area contributed by atoms with Gasteiger partial charge in [-0.05, 0) is 19.1 Å². The van der Waals surface area contributed by atoms with Crippen molar-refractivity contribution in [3.8, 4) is 0 Å². The van der Waals surface area contributed by atoms with E-state index in [-0.39, 0.29) is 22.5 Å². The van der Waals surface area contributed by atoms with E-state index >= 15 is 0 Å². The number of nitrogens with one attached hydrogen (secondary N) is 1. The van der Waals surface area contributed by atoms with E-state index in [4.69, 9.17) is 4.74 Å². The number of benzene rings is 2. The molecular weight excluding hydrogens is 376 g/mol.